The lowest BCUT2D eigenvalue weighted by Crippen LogP contribution is -2.12. The molecule has 0 aliphatic rings. The number of hydrogen-bond acceptors (Lipinski definition) is 4. The van der Waals surface area contributed by atoms with Gasteiger partial charge in [-0.1, -0.05) is 28.1 Å². The van der Waals surface area contributed by atoms with Crippen molar-refractivity contribution < 1.29 is 9.53 Å². The van der Waals surface area contributed by atoms with Crippen molar-refractivity contribution in [2.75, 3.05) is 12.4 Å². The van der Waals surface area contributed by atoms with Gasteiger partial charge in [0, 0.05) is 10.0 Å². The number of para-hydroxylation sites is 2. The van der Waals surface area contributed by atoms with Crippen molar-refractivity contribution in [3.8, 4) is 5.75 Å². The molecule has 1 aromatic heterocycles. The molecule has 3 aromatic carbocycles. The SMILES string of the molecule is COc1ccc(NC(=O)c2ccc(Br)cc2)c2nc3ccccc3nc12. The van der Waals surface area contributed by atoms with E-state index in [1.807, 2.05) is 36.4 Å². The summed E-state index contributed by atoms with van der Waals surface area (Å²) in [4.78, 5) is 21.9. The molecule has 5 nitrogen and oxygen atoms in total. The number of rotatable bonds is 3. The maximum atomic E-state index is 12.6. The number of anilines is 1. The van der Waals surface area contributed by atoms with E-state index in [1.165, 1.54) is 0 Å². The lowest BCUT2D eigenvalue weighted by Gasteiger charge is -2.11. The highest BCUT2D eigenvalue weighted by molar-refractivity contribution is 9.10. The molecule has 1 N–H and O–H groups in total. The highest BCUT2D eigenvalue weighted by atomic mass is 79.9. The van der Waals surface area contributed by atoms with Gasteiger partial charge in [-0.25, -0.2) is 9.97 Å². The minimum atomic E-state index is -0.209. The first-order valence-electron chi connectivity index (χ1n) is 7.96. The van der Waals surface area contributed by atoms with Crippen LogP contribution in [0.5, 0.6) is 5.75 Å². The van der Waals surface area contributed by atoms with Crippen LogP contribution >= 0.6 is 15.9 Å². The van der Waals surface area contributed by atoms with Crippen LogP contribution in [0, 0.1) is 0 Å². The zero-order chi connectivity index (χ0) is 18.1. The summed E-state index contributed by atoms with van der Waals surface area (Å²) in [5.41, 5.74) is 3.88. The third kappa shape index (κ3) is 2.99. The molecule has 1 amide bonds. The van der Waals surface area contributed by atoms with Crippen molar-refractivity contribution in [2.24, 2.45) is 0 Å². The first-order chi connectivity index (χ1) is 12.7. The quantitative estimate of drug-likeness (QED) is 0.495. The molecule has 26 heavy (non-hydrogen) atoms. The van der Waals surface area contributed by atoms with Crippen LogP contribution < -0.4 is 10.1 Å². The molecule has 6 heteroatoms. The van der Waals surface area contributed by atoms with E-state index in [0.29, 0.717) is 28.0 Å². The van der Waals surface area contributed by atoms with E-state index < -0.39 is 0 Å². The number of benzene rings is 3. The molecule has 0 saturated carbocycles. The average Bonchev–Trinajstić information content (AvgIpc) is 2.67. The number of carbonyl (C=O) groups is 1. The fourth-order valence-electron chi connectivity index (χ4n) is 2.74. The Bertz CT molecular complexity index is 1130. The summed E-state index contributed by atoms with van der Waals surface area (Å²) in [6.07, 6.45) is 0. The Hall–Kier alpha value is -2.99. The molecule has 0 unspecified atom stereocenters. The molecule has 0 aliphatic heterocycles. The molecule has 0 fully saturated rings. The van der Waals surface area contributed by atoms with Crippen molar-refractivity contribution in [3.63, 3.8) is 0 Å². The molecule has 4 rings (SSSR count). The van der Waals surface area contributed by atoms with Crippen LogP contribution in [0.2, 0.25) is 0 Å². The van der Waals surface area contributed by atoms with Gasteiger partial charge in [-0.2, -0.15) is 0 Å². The Labute approximate surface area is 158 Å². The second kappa shape index (κ2) is 6.72. The Kier molecular flexibility index (Phi) is 4.26. The smallest absolute Gasteiger partial charge is 0.255 e. The van der Waals surface area contributed by atoms with E-state index in [2.05, 4.69) is 31.2 Å². The standard InChI is InChI=1S/C20H14BrN3O2/c1-26-17-11-10-16(24-20(25)12-6-8-13(21)9-7-12)18-19(17)23-15-5-3-2-4-14(15)22-18/h2-11H,1H3,(H,24,25). The maximum Gasteiger partial charge on any atom is 0.255 e. The van der Waals surface area contributed by atoms with Crippen LogP contribution in [0.15, 0.2) is 65.1 Å². The monoisotopic (exact) mass is 407 g/mol. The number of carbonyl (C=O) groups excluding carboxylic acids is 1. The number of nitrogens with zero attached hydrogens (tertiary/aromatic N) is 2. The Morgan fingerprint density at radius 3 is 2.23 bits per heavy atom. The third-order valence-corrected chi connectivity index (χ3v) is 4.56. The van der Waals surface area contributed by atoms with Gasteiger partial charge in [0.2, 0.25) is 0 Å². The van der Waals surface area contributed by atoms with Crippen LogP contribution in [0.3, 0.4) is 0 Å². The topological polar surface area (TPSA) is 64.1 Å². The molecule has 0 saturated heterocycles. The molecular weight excluding hydrogens is 394 g/mol. The second-order valence-electron chi connectivity index (χ2n) is 5.69. The van der Waals surface area contributed by atoms with Crippen LogP contribution in [-0.2, 0) is 0 Å². The van der Waals surface area contributed by atoms with Crippen molar-refractivity contribution in [1.82, 2.24) is 9.97 Å². The fourth-order valence-corrected chi connectivity index (χ4v) is 3.00. The summed E-state index contributed by atoms with van der Waals surface area (Å²) in [6, 6.07) is 18.3. The average molecular weight is 408 g/mol. The molecule has 4 aromatic rings. The third-order valence-electron chi connectivity index (χ3n) is 4.03. The molecule has 0 aliphatic carbocycles. The van der Waals surface area contributed by atoms with Gasteiger partial charge in [-0.05, 0) is 48.5 Å². The van der Waals surface area contributed by atoms with Gasteiger partial charge in [0.1, 0.15) is 16.8 Å². The van der Waals surface area contributed by atoms with E-state index in [1.54, 1.807) is 31.4 Å². The van der Waals surface area contributed by atoms with Gasteiger partial charge < -0.3 is 10.1 Å². The molecule has 0 atom stereocenters. The van der Waals surface area contributed by atoms with Crippen molar-refractivity contribution in [2.45, 2.75) is 0 Å². The second-order valence-corrected chi connectivity index (χ2v) is 6.60. The van der Waals surface area contributed by atoms with Gasteiger partial charge in [-0.3, -0.25) is 4.79 Å². The number of hydrogen-bond donors (Lipinski definition) is 1. The van der Waals surface area contributed by atoms with Crippen molar-refractivity contribution in [1.29, 1.82) is 0 Å². The summed E-state index contributed by atoms with van der Waals surface area (Å²) in [5.74, 6) is 0.402. The van der Waals surface area contributed by atoms with Crippen LogP contribution in [0.25, 0.3) is 22.1 Å². The van der Waals surface area contributed by atoms with Crippen molar-refractivity contribution >= 4 is 49.6 Å². The predicted molar refractivity (Wildman–Crippen MR) is 106 cm³/mol. The number of aromatic nitrogens is 2. The first-order valence-corrected chi connectivity index (χ1v) is 8.75. The molecule has 128 valence electrons. The Morgan fingerprint density at radius 2 is 1.58 bits per heavy atom. The highest BCUT2D eigenvalue weighted by Crippen LogP contribution is 2.30. The van der Waals surface area contributed by atoms with E-state index in [-0.39, 0.29) is 5.91 Å². The molecular formula is C20H14BrN3O2. The summed E-state index contributed by atoms with van der Waals surface area (Å²) in [7, 11) is 1.59. The fraction of sp³-hybridized carbons (Fsp3) is 0.0500. The van der Waals surface area contributed by atoms with Gasteiger partial charge in [0.25, 0.3) is 5.91 Å². The summed E-state index contributed by atoms with van der Waals surface area (Å²) in [6.45, 7) is 0. The predicted octanol–water partition coefficient (Wildman–Crippen LogP) is 4.81. The van der Waals surface area contributed by atoms with Crippen LogP contribution in [-0.4, -0.2) is 23.0 Å². The van der Waals surface area contributed by atoms with Crippen molar-refractivity contribution in [3.05, 3.63) is 70.7 Å². The Morgan fingerprint density at radius 1 is 0.923 bits per heavy atom. The zero-order valence-electron chi connectivity index (χ0n) is 13.9. The van der Waals surface area contributed by atoms with Gasteiger partial charge >= 0.3 is 0 Å². The van der Waals surface area contributed by atoms with E-state index in [9.17, 15) is 4.79 Å². The lowest BCUT2D eigenvalue weighted by atomic mass is 10.2. The molecule has 0 spiro atoms. The number of halogens is 1. The minimum absolute atomic E-state index is 0.209. The largest absolute Gasteiger partial charge is 0.494 e. The first kappa shape index (κ1) is 16.5. The molecule has 0 bridgehead atoms. The summed E-state index contributed by atoms with van der Waals surface area (Å²) in [5, 5.41) is 2.92. The van der Waals surface area contributed by atoms with E-state index >= 15 is 0 Å². The highest BCUT2D eigenvalue weighted by Gasteiger charge is 2.14. The lowest BCUT2D eigenvalue weighted by molar-refractivity contribution is 0.102. The number of fused-ring (bicyclic) bond motifs is 2. The maximum absolute atomic E-state index is 12.6. The van der Waals surface area contributed by atoms with Gasteiger partial charge in [0.05, 0.1) is 23.8 Å². The summed E-state index contributed by atoms with van der Waals surface area (Å²) < 4.78 is 6.33. The zero-order valence-corrected chi connectivity index (χ0v) is 15.4. The van der Waals surface area contributed by atoms with E-state index in [0.717, 1.165) is 15.5 Å². The van der Waals surface area contributed by atoms with Crippen LogP contribution in [0.4, 0.5) is 5.69 Å². The number of nitrogens with one attached hydrogen (secondary N) is 1. The number of methoxy groups -OCH3 is 1. The minimum Gasteiger partial charge on any atom is -0.494 e. The molecule has 0 radical (unpaired) electrons. The Balaban J connectivity index is 1.82. The number of ether oxygens (including phenoxy) is 1. The van der Waals surface area contributed by atoms with Gasteiger partial charge in [-0.15, -0.1) is 0 Å². The van der Waals surface area contributed by atoms with Gasteiger partial charge in [0.15, 0.2) is 0 Å². The van der Waals surface area contributed by atoms with E-state index in [4.69, 9.17) is 4.74 Å². The summed E-state index contributed by atoms with van der Waals surface area (Å²) >= 11 is 3.37. The molecule has 1 heterocycles. The number of amides is 1. The normalized spacial score (nSPS) is 10.8. The van der Waals surface area contributed by atoms with Crippen LogP contribution in [0.1, 0.15) is 10.4 Å².